The number of carboxylic acid groups (broad SMARTS) is 1. The summed E-state index contributed by atoms with van der Waals surface area (Å²) in [5, 5.41) is 10.9. The zero-order valence-corrected chi connectivity index (χ0v) is 20.3. The third kappa shape index (κ3) is 4.67. The van der Waals surface area contributed by atoms with Gasteiger partial charge in [-0.15, -0.1) is 0 Å². The largest absolute Gasteiger partial charge is 0.478 e. The lowest BCUT2D eigenvalue weighted by Gasteiger charge is -2.31. The number of fused-ring (bicyclic) bond motifs is 2. The van der Waals surface area contributed by atoms with Crippen molar-refractivity contribution in [1.29, 1.82) is 0 Å². The van der Waals surface area contributed by atoms with Gasteiger partial charge in [0.15, 0.2) is 0 Å². The topological polar surface area (TPSA) is 53.4 Å². The molecule has 0 aliphatic carbocycles. The molecule has 0 atom stereocenters. The van der Waals surface area contributed by atoms with Gasteiger partial charge in [-0.2, -0.15) is 0 Å². The number of benzene rings is 4. The standard InChI is InChI=1S/C33H26N2O2/c36-33(37)31-28-13-7-8-14-30(28)34-32-27(21-35(22-29(31)32)20-24-9-3-1-4-10-24)19-23-15-17-26(18-16-23)25-11-5-2-6-12-25/h1-19H,20-22H2,(H,36,37). The summed E-state index contributed by atoms with van der Waals surface area (Å²) < 4.78 is 0. The molecule has 0 saturated heterocycles. The monoisotopic (exact) mass is 482 g/mol. The van der Waals surface area contributed by atoms with Gasteiger partial charge in [0, 0.05) is 30.6 Å². The molecule has 0 bridgehead atoms. The van der Waals surface area contributed by atoms with Gasteiger partial charge in [-0.3, -0.25) is 4.90 Å². The summed E-state index contributed by atoms with van der Waals surface area (Å²) in [7, 11) is 0. The Labute approximate surface area is 216 Å². The predicted molar refractivity (Wildman–Crippen MR) is 149 cm³/mol. The molecule has 1 aliphatic rings. The first-order valence-corrected chi connectivity index (χ1v) is 12.4. The summed E-state index contributed by atoms with van der Waals surface area (Å²) in [6, 6.07) is 36.6. The molecule has 6 rings (SSSR count). The van der Waals surface area contributed by atoms with Crippen molar-refractivity contribution in [2.45, 2.75) is 13.1 Å². The van der Waals surface area contributed by atoms with Gasteiger partial charge in [0.05, 0.1) is 16.8 Å². The van der Waals surface area contributed by atoms with Crippen molar-refractivity contribution in [3.63, 3.8) is 0 Å². The maximum absolute atomic E-state index is 12.5. The van der Waals surface area contributed by atoms with Gasteiger partial charge in [0.25, 0.3) is 0 Å². The summed E-state index contributed by atoms with van der Waals surface area (Å²) >= 11 is 0. The average molecular weight is 483 g/mol. The lowest BCUT2D eigenvalue weighted by atomic mass is 9.91. The molecule has 4 nitrogen and oxygen atoms in total. The predicted octanol–water partition coefficient (Wildman–Crippen LogP) is 7.16. The number of carbonyl (C=O) groups is 1. The highest BCUT2D eigenvalue weighted by molar-refractivity contribution is 6.06. The summed E-state index contributed by atoms with van der Waals surface area (Å²) in [4.78, 5) is 19.8. The minimum atomic E-state index is -0.914. The van der Waals surface area contributed by atoms with E-state index in [-0.39, 0.29) is 0 Å². The number of hydrogen-bond donors (Lipinski definition) is 1. The van der Waals surface area contributed by atoms with Crippen molar-refractivity contribution in [3.8, 4) is 11.1 Å². The highest BCUT2D eigenvalue weighted by Gasteiger charge is 2.28. The van der Waals surface area contributed by atoms with Gasteiger partial charge in [-0.25, -0.2) is 9.78 Å². The van der Waals surface area contributed by atoms with Gasteiger partial charge < -0.3 is 5.11 Å². The first-order chi connectivity index (χ1) is 18.2. The number of aromatic nitrogens is 1. The lowest BCUT2D eigenvalue weighted by molar-refractivity contribution is 0.0696. The first-order valence-electron chi connectivity index (χ1n) is 12.4. The third-order valence-electron chi connectivity index (χ3n) is 6.89. The Bertz CT molecular complexity index is 1610. The molecular weight excluding hydrogens is 456 g/mol. The number of nitrogens with zero attached hydrogens (tertiary/aromatic N) is 2. The smallest absolute Gasteiger partial charge is 0.336 e. The fourth-order valence-corrected chi connectivity index (χ4v) is 5.18. The number of carboxylic acids is 1. The van der Waals surface area contributed by atoms with Gasteiger partial charge in [0.2, 0.25) is 0 Å². The minimum Gasteiger partial charge on any atom is -0.478 e. The highest BCUT2D eigenvalue weighted by Crippen LogP contribution is 2.35. The van der Waals surface area contributed by atoms with Crippen LogP contribution >= 0.6 is 0 Å². The van der Waals surface area contributed by atoms with Crippen molar-refractivity contribution in [2.75, 3.05) is 6.54 Å². The van der Waals surface area contributed by atoms with Crippen LogP contribution in [0.25, 0.3) is 33.7 Å². The second kappa shape index (κ2) is 9.84. The average Bonchev–Trinajstić information content (AvgIpc) is 2.93. The van der Waals surface area contributed by atoms with E-state index in [1.54, 1.807) is 0 Å². The van der Waals surface area contributed by atoms with Crippen LogP contribution in [0, 0.1) is 0 Å². The van der Waals surface area contributed by atoms with Crippen molar-refractivity contribution in [1.82, 2.24) is 9.88 Å². The van der Waals surface area contributed by atoms with E-state index in [0.29, 0.717) is 29.6 Å². The Kier molecular flexibility index (Phi) is 6.09. The van der Waals surface area contributed by atoms with Crippen molar-refractivity contribution in [3.05, 3.63) is 137 Å². The molecule has 0 amide bonds. The number of aromatic carboxylic acids is 1. The van der Waals surface area contributed by atoms with Crippen molar-refractivity contribution >= 4 is 28.5 Å². The molecular formula is C33H26N2O2. The van der Waals surface area contributed by atoms with Crippen LogP contribution in [0.3, 0.4) is 0 Å². The summed E-state index contributed by atoms with van der Waals surface area (Å²) in [5.41, 5.74) is 8.25. The van der Waals surface area contributed by atoms with Crippen LogP contribution in [-0.4, -0.2) is 27.5 Å². The van der Waals surface area contributed by atoms with Crippen molar-refractivity contribution < 1.29 is 9.90 Å². The Hall–Kier alpha value is -4.54. The van der Waals surface area contributed by atoms with E-state index < -0.39 is 5.97 Å². The maximum Gasteiger partial charge on any atom is 0.336 e. The Balaban J connectivity index is 1.46. The lowest BCUT2D eigenvalue weighted by Crippen LogP contribution is -2.31. The normalized spacial score (nSPS) is 14.5. The molecule has 0 saturated carbocycles. The molecule has 1 aromatic heterocycles. The van der Waals surface area contributed by atoms with Gasteiger partial charge in [-0.1, -0.05) is 103 Å². The summed E-state index contributed by atoms with van der Waals surface area (Å²) in [6.07, 6.45) is 2.15. The molecule has 0 radical (unpaired) electrons. The van der Waals surface area contributed by atoms with Crippen LogP contribution in [0.2, 0.25) is 0 Å². The zero-order valence-electron chi connectivity index (χ0n) is 20.3. The molecule has 37 heavy (non-hydrogen) atoms. The van der Waals surface area contributed by atoms with E-state index >= 15 is 0 Å². The molecule has 1 aliphatic heterocycles. The maximum atomic E-state index is 12.5. The SMILES string of the molecule is O=C(O)c1c2c(nc3ccccc13)C(=Cc1ccc(-c3ccccc3)cc1)CN(Cc1ccccc1)C2. The Morgan fingerprint density at radius 2 is 1.43 bits per heavy atom. The molecule has 2 heterocycles. The van der Waals surface area contributed by atoms with E-state index in [1.165, 1.54) is 11.1 Å². The van der Waals surface area contributed by atoms with Crippen LogP contribution in [0.4, 0.5) is 0 Å². The number of hydrogen-bond acceptors (Lipinski definition) is 3. The molecule has 5 aromatic rings. The Morgan fingerprint density at radius 1 is 0.784 bits per heavy atom. The van der Waals surface area contributed by atoms with Crippen LogP contribution in [0.5, 0.6) is 0 Å². The summed E-state index contributed by atoms with van der Waals surface area (Å²) in [6.45, 7) is 1.96. The molecule has 0 fully saturated rings. The van der Waals surface area contributed by atoms with Gasteiger partial charge >= 0.3 is 5.97 Å². The van der Waals surface area contributed by atoms with Gasteiger partial charge in [0.1, 0.15) is 0 Å². The van der Waals surface area contributed by atoms with E-state index in [1.807, 2.05) is 60.7 Å². The fourth-order valence-electron chi connectivity index (χ4n) is 5.18. The molecule has 1 N–H and O–H groups in total. The number of para-hydroxylation sites is 1. The zero-order chi connectivity index (χ0) is 25.2. The molecule has 4 heteroatoms. The van der Waals surface area contributed by atoms with Crippen LogP contribution in [0.1, 0.15) is 32.7 Å². The first kappa shape index (κ1) is 22.9. The van der Waals surface area contributed by atoms with Crippen LogP contribution in [-0.2, 0) is 13.1 Å². The minimum absolute atomic E-state index is 0.351. The molecule has 4 aromatic carbocycles. The van der Waals surface area contributed by atoms with E-state index in [0.717, 1.165) is 34.5 Å². The Morgan fingerprint density at radius 3 is 2.16 bits per heavy atom. The van der Waals surface area contributed by atoms with E-state index in [2.05, 4.69) is 59.5 Å². The summed E-state index contributed by atoms with van der Waals surface area (Å²) in [5.74, 6) is -0.914. The molecule has 0 spiro atoms. The quantitative estimate of drug-likeness (QED) is 0.289. The fraction of sp³-hybridized carbons (Fsp3) is 0.0909. The second-order valence-electron chi connectivity index (χ2n) is 9.42. The second-order valence-corrected chi connectivity index (χ2v) is 9.42. The van der Waals surface area contributed by atoms with Crippen LogP contribution < -0.4 is 0 Å². The van der Waals surface area contributed by atoms with Gasteiger partial charge in [-0.05, 0) is 40.0 Å². The number of pyridine rings is 1. The third-order valence-corrected chi connectivity index (χ3v) is 6.89. The van der Waals surface area contributed by atoms with Crippen LogP contribution in [0.15, 0.2) is 109 Å². The molecule has 0 unspecified atom stereocenters. The van der Waals surface area contributed by atoms with E-state index in [4.69, 9.17) is 4.98 Å². The van der Waals surface area contributed by atoms with Crippen molar-refractivity contribution in [2.24, 2.45) is 0 Å². The molecule has 180 valence electrons. The number of rotatable bonds is 5. The van der Waals surface area contributed by atoms with E-state index in [9.17, 15) is 9.90 Å². The highest BCUT2D eigenvalue weighted by atomic mass is 16.4.